The second-order valence-corrected chi connectivity index (χ2v) is 3.31. The molecule has 0 saturated carbocycles. The van der Waals surface area contributed by atoms with Gasteiger partial charge in [0.2, 0.25) is 0 Å². The van der Waals surface area contributed by atoms with Crippen molar-refractivity contribution in [1.82, 2.24) is 0 Å². The molecular weight excluding hydrogens is 167 g/mol. The van der Waals surface area contributed by atoms with Crippen molar-refractivity contribution >= 4 is 0 Å². The van der Waals surface area contributed by atoms with Gasteiger partial charge in [-0.2, -0.15) is 0 Å². The monoisotopic (exact) mass is 188 g/mol. The smallest absolute Gasteiger partial charge is 0.694 e. The molecule has 0 heterocycles. The van der Waals surface area contributed by atoms with Crippen molar-refractivity contribution in [3.8, 4) is 5.92 Å². The fourth-order valence-corrected chi connectivity index (χ4v) is 1.12. The fourth-order valence-electron chi connectivity index (χ4n) is 1.12. The Labute approximate surface area is 101 Å². The van der Waals surface area contributed by atoms with Crippen LogP contribution in [0.25, 0.3) is 0 Å². The van der Waals surface area contributed by atoms with Gasteiger partial charge in [-0.3, -0.25) is 0 Å². The Hall–Kier alpha value is 0.117. The maximum absolute atomic E-state index is 6.72. The Balaban J connectivity index is 0. The van der Waals surface area contributed by atoms with Crippen LogP contribution in [-0.4, -0.2) is 13.2 Å². The Morgan fingerprint density at radius 2 is 1.64 bits per heavy atom. The molecule has 0 bridgehead atoms. The van der Waals surface area contributed by atoms with Crippen LogP contribution in [-0.2, 0) is 4.74 Å². The molecule has 14 heavy (non-hydrogen) atoms. The van der Waals surface area contributed by atoms with Crippen LogP contribution in [0.3, 0.4) is 0 Å². The topological polar surface area (TPSA) is 9.23 Å². The van der Waals surface area contributed by atoms with E-state index in [1.807, 2.05) is 0 Å². The minimum Gasteiger partial charge on any atom is -0.694 e. The average Bonchev–Trinajstić information content (AvgIpc) is 2.16. The molecule has 0 aromatic rings. The summed E-state index contributed by atoms with van der Waals surface area (Å²) in [4.78, 5) is 0. The van der Waals surface area contributed by atoms with Crippen molar-refractivity contribution < 1.29 is 23.6 Å². The van der Waals surface area contributed by atoms with E-state index >= 15 is 0 Å². The molecule has 76 valence electrons. The van der Waals surface area contributed by atoms with Gasteiger partial charge in [0.05, 0.1) is 0 Å². The van der Waals surface area contributed by atoms with Gasteiger partial charge in [0.15, 0.2) is 0 Å². The molecule has 2 heteroatoms. The van der Waals surface area contributed by atoms with E-state index in [9.17, 15) is 0 Å². The zero-order chi connectivity index (χ0) is 9.78. The van der Waals surface area contributed by atoms with Gasteiger partial charge in [-0.05, 0) is 25.7 Å². The van der Waals surface area contributed by atoms with E-state index in [-0.39, 0.29) is 18.9 Å². The van der Waals surface area contributed by atoms with Crippen molar-refractivity contribution in [1.29, 1.82) is 0 Å². The van der Waals surface area contributed by atoms with E-state index in [0.717, 1.165) is 26.1 Å². The second-order valence-electron chi connectivity index (χ2n) is 3.31. The Kier molecular flexibility index (Phi) is 18.4. The minimum atomic E-state index is 0. The molecule has 0 aromatic heterocycles. The predicted molar refractivity (Wildman–Crippen MR) is 55.9 cm³/mol. The van der Waals surface area contributed by atoms with Crippen LogP contribution in [0.5, 0.6) is 0 Å². The Bertz CT molecular complexity index is 129. The third-order valence-corrected chi connectivity index (χ3v) is 1.98. The van der Waals surface area contributed by atoms with Crippen molar-refractivity contribution in [3.63, 3.8) is 0 Å². The van der Waals surface area contributed by atoms with Crippen LogP contribution in [0, 0.1) is 12.3 Å². The molecule has 0 aliphatic rings. The van der Waals surface area contributed by atoms with Crippen LogP contribution in [0.1, 0.15) is 51.9 Å². The van der Waals surface area contributed by atoms with E-state index in [0.29, 0.717) is 0 Å². The molecule has 0 spiro atoms. The zero-order valence-corrected chi connectivity index (χ0v) is 9.77. The SMILES string of the molecule is [C-]#CCCCCCCOCCCC.[Li+]. The maximum Gasteiger partial charge on any atom is 1.00 e. The van der Waals surface area contributed by atoms with Gasteiger partial charge < -0.3 is 17.1 Å². The van der Waals surface area contributed by atoms with Crippen molar-refractivity contribution in [2.45, 2.75) is 51.9 Å². The molecule has 0 amide bonds. The standard InChI is InChI=1S/C12H21O.Li/c1-3-5-7-8-9-10-12-13-11-6-4-2;/h4-12H2,2H3;/q-1;+1. The summed E-state index contributed by atoms with van der Waals surface area (Å²) < 4.78 is 5.43. The second kappa shape index (κ2) is 15.6. The third-order valence-electron chi connectivity index (χ3n) is 1.98. The molecule has 0 N–H and O–H groups in total. The first-order valence-corrected chi connectivity index (χ1v) is 5.39. The normalized spacial score (nSPS) is 9.14. The summed E-state index contributed by atoms with van der Waals surface area (Å²) in [6.07, 6.45) is 14.7. The van der Waals surface area contributed by atoms with Crippen LogP contribution < -0.4 is 18.9 Å². The van der Waals surface area contributed by atoms with Crippen LogP contribution in [0.2, 0.25) is 0 Å². The third kappa shape index (κ3) is 14.6. The summed E-state index contributed by atoms with van der Waals surface area (Å²) in [7, 11) is 0. The summed E-state index contributed by atoms with van der Waals surface area (Å²) in [5.41, 5.74) is 0. The molecule has 0 aliphatic heterocycles. The molecule has 0 unspecified atom stereocenters. The zero-order valence-electron chi connectivity index (χ0n) is 9.77. The minimum absolute atomic E-state index is 0. The van der Waals surface area contributed by atoms with Crippen molar-refractivity contribution in [2.24, 2.45) is 0 Å². The summed E-state index contributed by atoms with van der Waals surface area (Å²) in [5, 5.41) is 0. The fraction of sp³-hybridized carbons (Fsp3) is 0.833. The van der Waals surface area contributed by atoms with Gasteiger partial charge in [0, 0.05) is 13.2 Å². The van der Waals surface area contributed by atoms with E-state index in [1.165, 1.54) is 32.1 Å². The molecule has 1 nitrogen and oxygen atoms in total. The number of unbranched alkanes of at least 4 members (excludes halogenated alkanes) is 5. The number of ether oxygens (including phenoxy) is 1. The summed E-state index contributed by atoms with van der Waals surface area (Å²) >= 11 is 0. The van der Waals surface area contributed by atoms with Crippen LogP contribution >= 0.6 is 0 Å². The van der Waals surface area contributed by atoms with E-state index in [2.05, 4.69) is 12.8 Å². The van der Waals surface area contributed by atoms with Crippen LogP contribution in [0.4, 0.5) is 0 Å². The van der Waals surface area contributed by atoms with Crippen molar-refractivity contribution in [2.75, 3.05) is 13.2 Å². The summed E-state index contributed by atoms with van der Waals surface area (Å²) in [5.74, 6) is 2.41. The molecular formula is C12H21LiO. The molecule has 0 aliphatic carbocycles. The Morgan fingerprint density at radius 3 is 2.29 bits per heavy atom. The van der Waals surface area contributed by atoms with Gasteiger partial charge in [-0.15, -0.1) is 0 Å². The van der Waals surface area contributed by atoms with Gasteiger partial charge in [-0.25, -0.2) is 0 Å². The van der Waals surface area contributed by atoms with E-state index in [1.54, 1.807) is 0 Å². The largest absolute Gasteiger partial charge is 1.00 e. The van der Waals surface area contributed by atoms with Gasteiger partial charge in [0.1, 0.15) is 0 Å². The molecule has 0 radical (unpaired) electrons. The summed E-state index contributed by atoms with van der Waals surface area (Å²) in [6, 6.07) is 0. The molecule has 0 rings (SSSR count). The maximum atomic E-state index is 6.72. The number of hydrogen-bond acceptors (Lipinski definition) is 1. The summed E-state index contributed by atoms with van der Waals surface area (Å²) in [6.45, 7) is 4.01. The number of rotatable bonds is 9. The number of hydrogen-bond donors (Lipinski definition) is 0. The molecule has 0 atom stereocenters. The van der Waals surface area contributed by atoms with E-state index < -0.39 is 0 Å². The molecule has 0 aromatic carbocycles. The first-order valence-electron chi connectivity index (χ1n) is 5.39. The Morgan fingerprint density at radius 1 is 1.00 bits per heavy atom. The average molecular weight is 188 g/mol. The van der Waals surface area contributed by atoms with Gasteiger partial charge in [0.25, 0.3) is 0 Å². The van der Waals surface area contributed by atoms with E-state index in [4.69, 9.17) is 11.2 Å². The van der Waals surface area contributed by atoms with Crippen LogP contribution in [0.15, 0.2) is 0 Å². The quantitative estimate of drug-likeness (QED) is 0.219. The predicted octanol–water partition coefficient (Wildman–Crippen LogP) is 0.347. The van der Waals surface area contributed by atoms with Crippen molar-refractivity contribution in [3.05, 3.63) is 6.42 Å². The first kappa shape index (κ1) is 16.5. The van der Waals surface area contributed by atoms with Gasteiger partial charge >= 0.3 is 18.9 Å². The van der Waals surface area contributed by atoms with Gasteiger partial charge in [-0.1, -0.05) is 26.2 Å². The first-order chi connectivity index (χ1) is 6.41. The molecule has 0 saturated heterocycles. The molecule has 0 fully saturated rings.